The molecule has 0 aromatic carbocycles. The molecule has 140 valence electrons. The van der Waals surface area contributed by atoms with Crippen LogP contribution < -0.4 is 14.5 Å². The molecule has 1 aliphatic carbocycles. The van der Waals surface area contributed by atoms with Crippen molar-refractivity contribution in [3.05, 3.63) is 36.4 Å². The van der Waals surface area contributed by atoms with Crippen molar-refractivity contribution in [2.24, 2.45) is 0 Å². The minimum atomic E-state index is 0.413. The lowest BCUT2D eigenvalue weighted by Crippen LogP contribution is -2.40. The van der Waals surface area contributed by atoms with Gasteiger partial charge in [-0.2, -0.15) is 9.61 Å². The molecule has 2 aliphatic rings. The van der Waals surface area contributed by atoms with E-state index in [-0.39, 0.29) is 0 Å². The molecule has 8 heteroatoms. The summed E-state index contributed by atoms with van der Waals surface area (Å²) in [6.07, 6.45) is 6.94. The lowest BCUT2D eigenvalue weighted by molar-refractivity contribution is 0.396. The van der Waals surface area contributed by atoms with Gasteiger partial charge in [-0.3, -0.25) is 0 Å². The number of anilines is 2. The molecule has 0 bridgehead atoms. The van der Waals surface area contributed by atoms with E-state index in [2.05, 4.69) is 35.9 Å². The molecule has 0 amide bonds. The molecule has 2 fully saturated rings. The zero-order valence-corrected chi connectivity index (χ0v) is 15.6. The standard InChI is InChI=1S/C19H23N7O/c1-13-9-19(26-16(23-13)5-7-22-26)24-8-6-15(11-24)25(14-3-4-14)17-10-18(27-2)21-12-20-17/h5,7,9-10,12,14-15H,3-4,6,8,11H2,1-2H3. The lowest BCUT2D eigenvalue weighted by atomic mass is 10.2. The zero-order valence-electron chi connectivity index (χ0n) is 15.6. The number of methoxy groups -OCH3 is 1. The molecule has 27 heavy (non-hydrogen) atoms. The van der Waals surface area contributed by atoms with Crippen LogP contribution in [0, 0.1) is 6.92 Å². The number of nitrogens with zero attached hydrogens (tertiary/aromatic N) is 7. The van der Waals surface area contributed by atoms with E-state index in [0.29, 0.717) is 18.0 Å². The first-order chi connectivity index (χ1) is 13.2. The fourth-order valence-corrected chi connectivity index (χ4v) is 4.03. The number of aryl methyl sites for hydroxylation is 1. The molecule has 1 aliphatic heterocycles. The van der Waals surface area contributed by atoms with Gasteiger partial charge in [-0.05, 0) is 26.2 Å². The molecular weight excluding hydrogens is 342 g/mol. The Hall–Kier alpha value is -2.90. The van der Waals surface area contributed by atoms with Crippen LogP contribution in [0.2, 0.25) is 0 Å². The molecule has 1 saturated carbocycles. The van der Waals surface area contributed by atoms with Gasteiger partial charge in [0.25, 0.3) is 0 Å². The van der Waals surface area contributed by atoms with E-state index in [1.54, 1.807) is 13.4 Å². The Balaban J connectivity index is 1.44. The maximum Gasteiger partial charge on any atom is 0.218 e. The van der Waals surface area contributed by atoms with Gasteiger partial charge in [0.1, 0.15) is 18.0 Å². The van der Waals surface area contributed by atoms with Gasteiger partial charge in [0.05, 0.1) is 13.3 Å². The summed E-state index contributed by atoms with van der Waals surface area (Å²) in [7, 11) is 1.64. The number of ether oxygens (including phenoxy) is 1. The Morgan fingerprint density at radius 2 is 2.04 bits per heavy atom. The van der Waals surface area contributed by atoms with E-state index in [1.807, 2.05) is 29.8 Å². The summed E-state index contributed by atoms with van der Waals surface area (Å²) < 4.78 is 7.24. The molecule has 0 spiro atoms. The predicted molar refractivity (Wildman–Crippen MR) is 102 cm³/mol. The first-order valence-corrected chi connectivity index (χ1v) is 9.43. The number of hydrogen-bond donors (Lipinski definition) is 0. The van der Waals surface area contributed by atoms with Gasteiger partial charge in [-0.15, -0.1) is 0 Å². The molecule has 1 saturated heterocycles. The van der Waals surface area contributed by atoms with Crippen molar-refractivity contribution in [2.75, 3.05) is 30.0 Å². The van der Waals surface area contributed by atoms with Crippen LogP contribution in [0.1, 0.15) is 25.0 Å². The molecule has 3 aromatic rings. The number of hydrogen-bond acceptors (Lipinski definition) is 7. The maximum atomic E-state index is 5.30. The minimum Gasteiger partial charge on any atom is -0.481 e. The molecule has 4 heterocycles. The third-order valence-corrected chi connectivity index (χ3v) is 5.39. The quantitative estimate of drug-likeness (QED) is 0.685. The van der Waals surface area contributed by atoms with Crippen molar-refractivity contribution in [1.82, 2.24) is 24.6 Å². The first kappa shape index (κ1) is 16.3. The summed E-state index contributed by atoms with van der Waals surface area (Å²) in [5.74, 6) is 2.69. The number of aromatic nitrogens is 5. The Bertz CT molecular complexity index is 968. The van der Waals surface area contributed by atoms with Gasteiger partial charge in [-0.25, -0.2) is 15.0 Å². The SMILES string of the molecule is COc1cc(N(C2CC2)C2CCN(c3cc(C)nc4ccnn34)C2)ncn1. The Kier molecular flexibility index (Phi) is 3.84. The molecule has 0 radical (unpaired) electrons. The second-order valence-corrected chi connectivity index (χ2v) is 7.30. The molecule has 1 unspecified atom stereocenters. The molecule has 3 aromatic heterocycles. The van der Waals surface area contributed by atoms with Crippen molar-refractivity contribution in [1.29, 1.82) is 0 Å². The Labute approximate surface area is 157 Å². The van der Waals surface area contributed by atoms with Crippen molar-refractivity contribution in [2.45, 2.75) is 38.3 Å². The van der Waals surface area contributed by atoms with Gasteiger partial charge in [-0.1, -0.05) is 0 Å². The highest BCUT2D eigenvalue weighted by molar-refractivity contribution is 5.53. The highest BCUT2D eigenvalue weighted by atomic mass is 16.5. The maximum absolute atomic E-state index is 5.30. The molecule has 5 rings (SSSR count). The normalized spacial score (nSPS) is 19.6. The van der Waals surface area contributed by atoms with E-state index < -0.39 is 0 Å². The van der Waals surface area contributed by atoms with Crippen LogP contribution in [0.3, 0.4) is 0 Å². The third-order valence-electron chi connectivity index (χ3n) is 5.39. The van der Waals surface area contributed by atoms with Gasteiger partial charge >= 0.3 is 0 Å². The average Bonchev–Trinajstić information content (AvgIpc) is 3.19. The van der Waals surface area contributed by atoms with Crippen LogP contribution in [0.25, 0.3) is 5.65 Å². The average molecular weight is 365 g/mol. The van der Waals surface area contributed by atoms with Crippen molar-refractivity contribution >= 4 is 17.3 Å². The Morgan fingerprint density at radius 3 is 2.85 bits per heavy atom. The molecule has 0 N–H and O–H groups in total. The smallest absolute Gasteiger partial charge is 0.218 e. The second-order valence-electron chi connectivity index (χ2n) is 7.30. The second kappa shape index (κ2) is 6.37. The van der Waals surface area contributed by atoms with E-state index in [0.717, 1.165) is 42.5 Å². The van der Waals surface area contributed by atoms with Gasteiger partial charge in [0.15, 0.2) is 5.65 Å². The van der Waals surface area contributed by atoms with E-state index in [1.165, 1.54) is 12.8 Å². The predicted octanol–water partition coefficient (Wildman–Crippen LogP) is 2.08. The van der Waals surface area contributed by atoms with Crippen LogP contribution in [-0.4, -0.2) is 56.8 Å². The summed E-state index contributed by atoms with van der Waals surface area (Å²) in [5, 5.41) is 4.46. The minimum absolute atomic E-state index is 0.413. The van der Waals surface area contributed by atoms with E-state index in [9.17, 15) is 0 Å². The lowest BCUT2D eigenvalue weighted by Gasteiger charge is -2.30. The van der Waals surface area contributed by atoms with Crippen LogP contribution in [0.15, 0.2) is 30.7 Å². The summed E-state index contributed by atoms with van der Waals surface area (Å²) >= 11 is 0. The largest absolute Gasteiger partial charge is 0.481 e. The van der Waals surface area contributed by atoms with Gasteiger partial charge in [0, 0.05) is 49.1 Å². The topological polar surface area (TPSA) is 71.7 Å². The monoisotopic (exact) mass is 365 g/mol. The Morgan fingerprint density at radius 1 is 1.15 bits per heavy atom. The fourth-order valence-electron chi connectivity index (χ4n) is 4.03. The summed E-state index contributed by atoms with van der Waals surface area (Å²) in [4.78, 5) is 18.1. The molecular formula is C19H23N7O. The van der Waals surface area contributed by atoms with Crippen molar-refractivity contribution in [3.8, 4) is 5.88 Å². The van der Waals surface area contributed by atoms with Crippen molar-refractivity contribution in [3.63, 3.8) is 0 Å². The zero-order chi connectivity index (χ0) is 18.4. The molecule has 8 nitrogen and oxygen atoms in total. The highest BCUT2D eigenvalue weighted by Crippen LogP contribution is 2.36. The third kappa shape index (κ3) is 2.94. The molecule has 1 atom stereocenters. The van der Waals surface area contributed by atoms with E-state index in [4.69, 9.17) is 4.74 Å². The van der Waals surface area contributed by atoms with E-state index >= 15 is 0 Å². The highest BCUT2D eigenvalue weighted by Gasteiger charge is 2.38. The van der Waals surface area contributed by atoms with Crippen LogP contribution in [0.5, 0.6) is 5.88 Å². The summed E-state index contributed by atoms with van der Waals surface area (Å²) in [6, 6.07) is 7.00. The first-order valence-electron chi connectivity index (χ1n) is 9.43. The summed E-state index contributed by atoms with van der Waals surface area (Å²) in [6.45, 7) is 3.98. The number of fused-ring (bicyclic) bond motifs is 1. The number of rotatable bonds is 5. The van der Waals surface area contributed by atoms with Crippen LogP contribution in [-0.2, 0) is 0 Å². The van der Waals surface area contributed by atoms with Crippen molar-refractivity contribution < 1.29 is 4.74 Å². The van der Waals surface area contributed by atoms with Crippen LogP contribution in [0.4, 0.5) is 11.6 Å². The van der Waals surface area contributed by atoms with Crippen LogP contribution >= 0.6 is 0 Å². The fraction of sp³-hybridized carbons (Fsp3) is 0.474. The van der Waals surface area contributed by atoms with Gasteiger partial charge in [0.2, 0.25) is 5.88 Å². The van der Waals surface area contributed by atoms with Gasteiger partial charge < -0.3 is 14.5 Å². The summed E-state index contributed by atoms with van der Waals surface area (Å²) in [5.41, 5.74) is 1.91.